The Kier molecular flexibility index (Phi) is 4.16. The molecule has 114 valence electrons. The second-order valence-electron chi connectivity index (χ2n) is 6.08. The van der Waals surface area contributed by atoms with Crippen molar-refractivity contribution in [2.45, 2.75) is 39.2 Å². The fourth-order valence-electron chi connectivity index (χ4n) is 2.03. The van der Waals surface area contributed by atoms with E-state index in [2.05, 4.69) is 4.74 Å². The van der Waals surface area contributed by atoms with Crippen molar-refractivity contribution in [3.8, 4) is 5.69 Å². The van der Waals surface area contributed by atoms with Gasteiger partial charge in [-0.05, 0) is 26.8 Å². The van der Waals surface area contributed by atoms with E-state index in [9.17, 15) is 14.4 Å². The number of rotatable bonds is 2. The van der Waals surface area contributed by atoms with E-state index in [0.717, 1.165) is 11.4 Å². The molecule has 6 nitrogen and oxygen atoms in total. The van der Waals surface area contributed by atoms with Crippen LogP contribution in [0.15, 0.2) is 12.3 Å². The van der Waals surface area contributed by atoms with Gasteiger partial charge in [0, 0.05) is 32.1 Å². The van der Waals surface area contributed by atoms with Crippen molar-refractivity contribution in [1.29, 1.82) is 0 Å². The van der Waals surface area contributed by atoms with Gasteiger partial charge in [-0.25, -0.2) is 0 Å². The third-order valence-electron chi connectivity index (χ3n) is 3.29. The molecule has 0 aliphatic carbocycles. The molecule has 0 N–H and O–H groups in total. The van der Waals surface area contributed by atoms with E-state index in [0.29, 0.717) is 32.4 Å². The molecule has 0 saturated carbocycles. The van der Waals surface area contributed by atoms with Gasteiger partial charge in [0.1, 0.15) is 17.1 Å². The molecule has 3 heterocycles. The largest absolute Gasteiger partial charge is 0.462 e. The first-order valence-corrected chi connectivity index (χ1v) is 6.97. The SMILES string of the molecule is CC(C)(C)OC=O.O=C1CCN(C(=O)c2c3ccn2-3)CC1. The molecule has 6 heteroatoms. The number of Topliss-reactive ketones (excluding diaryl/α,β-unsaturated/α-hetero) is 1. The standard InChI is InChI=1S/C10H10N2O2.C5H10O2/c13-7-1-4-11(5-2-7)10(14)9-8-3-6-12(8)9;1-5(2,3)7-4-6/h3,6H,1-2,4-5H2;4H,1-3H3. The molecule has 1 saturated heterocycles. The number of hydrogen-bond donors (Lipinski definition) is 0. The Bertz CT molecular complexity index is 539. The number of amides is 1. The lowest BCUT2D eigenvalue weighted by Gasteiger charge is -2.24. The second kappa shape index (κ2) is 5.71. The lowest BCUT2D eigenvalue weighted by atomic mass is 10.1. The van der Waals surface area contributed by atoms with Crippen molar-refractivity contribution in [1.82, 2.24) is 9.47 Å². The number of ketones is 1. The first-order chi connectivity index (χ1) is 9.83. The van der Waals surface area contributed by atoms with Gasteiger partial charge in [-0.1, -0.05) is 0 Å². The maximum Gasteiger partial charge on any atom is 0.293 e. The zero-order chi connectivity index (χ0) is 15.6. The van der Waals surface area contributed by atoms with Gasteiger partial charge in [0.2, 0.25) is 0 Å². The predicted octanol–water partition coefficient (Wildman–Crippen LogP) is 1.55. The van der Waals surface area contributed by atoms with Crippen molar-refractivity contribution in [2.75, 3.05) is 13.1 Å². The summed E-state index contributed by atoms with van der Waals surface area (Å²) < 4.78 is 6.44. The molecule has 3 aliphatic heterocycles. The van der Waals surface area contributed by atoms with E-state index in [1.165, 1.54) is 0 Å². The quantitative estimate of drug-likeness (QED) is 0.788. The van der Waals surface area contributed by atoms with Gasteiger partial charge >= 0.3 is 0 Å². The van der Waals surface area contributed by atoms with Crippen molar-refractivity contribution in [2.24, 2.45) is 0 Å². The highest BCUT2D eigenvalue weighted by Gasteiger charge is 2.34. The average Bonchev–Trinajstić information content (AvgIpc) is 2.89. The minimum absolute atomic E-state index is 0.0810. The van der Waals surface area contributed by atoms with Gasteiger partial charge in [-0.15, -0.1) is 0 Å². The van der Waals surface area contributed by atoms with E-state index < -0.39 is 0 Å². The summed E-state index contributed by atoms with van der Waals surface area (Å²) in [5.74, 6) is 0.349. The molecule has 0 radical (unpaired) electrons. The van der Waals surface area contributed by atoms with Crippen molar-refractivity contribution in [3.05, 3.63) is 18.0 Å². The molecular formula is C15H20N2O4. The zero-order valence-electron chi connectivity index (χ0n) is 12.6. The second-order valence-corrected chi connectivity index (χ2v) is 6.08. The molecule has 0 aromatic carbocycles. The monoisotopic (exact) mass is 292 g/mol. The third-order valence-corrected chi connectivity index (χ3v) is 3.29. The van der Waals surface area contributed by atoms with Gasteiger partial charge < -0.3 is 14.2 Å². The fourth-order valence-corrected chi connectivity index (χ4v) is 2.03. The van der Waals surface area contributed by atoms with Crippen molar-refractivity contribution < 1.29 is 19.1 Å². The molecule has 3 rings (SSSR count). The van der Waals surface area contributed by atoms with E-state index >= 15 is 0 Å². The Morgan fingerprint density at radius 3 is 2.19 bits per heavy atom. The molecule has 0 atom stereocenters. The van der Waals surface area contributed by atoms with Gasteiger partial charge in [0.15, 0.2) is 0 Å². The van der Waals surface area contributed by atoms with Crippen LogP contribution in [0, 0.1) is 0 Å². The Morgan fingerprint density at radius 1 is 1.29 bits per heavy atom. The molecule has 1 fully saturated rings. The first-order valence-electron chi connectivity index (χ1n) is 6.97. The van der Waals surface area contributed by atoms with Gasteiger partial charge in [0.05, 0.1) is 5.69 Å². The lowest BCUT2D eigenvalue weighted by molar-refractivity contribution is -0.138. The van der Waals surface area contributed by atoms with Crippen LogP contribution in [0.5, 0.6) is 0 Å². The molecule has 0 aromatic rings. The molecule has 0 aromatic heterocycles. The average molecular weight is 292 g/mol. The van der Waals surface area contributed by atoms with Crippen LogP contribution in [0.2, 0.25) is 0 Å². The number of nitrogens with zero attached hydrogens (tertiary/aromatic N) is 2. The fraction of sp³-hybridized carbons (Fsp3) is 0.533. The summed E-state index contributed by atoms with van der Waals surface area (Å²) in [5.41, 5.74) is 1.54. The van der Waals surface area contributed by atoms with E-state index in [4.69, 9.17) is 0 Å². The predicted molar refractivity (Wildman–Crippen MR) is 76.4 cm³/mol. The molecule has 21 heavy (non-hydrogen) atoms. The minimum Gasteiger partial charge on any atom is -0.462 e. The summed E-state index contributed by atoms with van der Waals surface area (Å²) in [6, 6.07) is 1.93. The van der Waals surface area contributed by atoms with Crippen LogP contribution in [0.4, 0.5) is 0 Å². The molecule has 0 unspecified atom stereocenters. The summed E-state index contributed by atoms with van der Waals surface area (Å²) in [6.07, 6.45) is 2.92. The number of ether oxygens (including phenoxy) is 1. The zero-order valence-corrected chi connectivity index (χ0v) is 12.6. The van der Waals surface area contributed by atoms with Crippen LogP contribution < -0.4 is 0 Å². The maximum absolute atomic E-state index is 11.8. The van der Waals surface area contributed by atoms with Crippen LogP contribution in [0.25, 0.3) is 5.69 Å². The van der Waals surface area contributed by atoms with E-state index in [-0.39, 0.29) is 17.3 Å². The third kappa shape index (κ3) is 3.71. The Morgan fingerprint density at radius 2 is 1.86 bits per heavy atom. The van der Waals surface area contributed by atoms with E-state index in [1.807, 2.05) is 37.6 Å². The molecule has 1 amide bonds. The molecule has 0 spiro atoms. The highest BCUT2D eigenvalue weighted by molar-refractivity contribution is 6.03. The number of fused-ring (bicyclic) bond motifs is 1. The van der Waals surface area contributed by atoms with Crippen molar-refractivity contribution >= 4 is 18.2 Å². The van der Waals surface area contributed by atoms with Crippen LogP contribution in [-0.4, -0.2) is 46.3 Å². The summed E-state index contributed by atoms with van der Waals surface area (Å²) >= 11 is 0. The Balaban J connectivity index is 0.000000199. The van der Waals surface area contributed by atoms with Crippen LogP contribution in [-0.2, 0) is 14.3 Å². The Labute approximate surface area is 123 Å². The first kappa shape index (κ1) is 15.3. The summed E-state index contributed by atoms with van der Waals surface area (Å²) in [5, 5.41) is 0. The van der Waals surface area contributed by atoms with Crippen molar-refractivity contribution in [3.63, 3.8) is 0 Å². The highest BCUT2D eigenvalue weighted by Crippen LogP contribution is 2.33. The van der Waals surface area contributed by atoms with Crippen LogP contribution in [0.3, 0.4) is 0 Å². The smallest absolute Gasteiger partial charge is 0.293 e. The normalized spacial score (nSPS) is 16.0. The van der Waals surface area contributed by atoms with Gasteiger partial charge in [-0.2, -0.15) is 0 Å². The summed E-state index contributed by atoms with van der Waals surface area (Å²) in [6.45, 7) is 7.09. The molecular weight excluding hydrogens is 272 g/mol. The number of piperidine rings is 1. The Hall–Kier alpha value is -2.11. The number of carbonyl (C=O) groups is 3. The van der Waals surface area contributed by atoms with E-state index in [1.54, 1.807) is 4.90 Å². The number of hydrogen-bond acceptors (Lipinski definition) is 4. The summed E-state index contributed by atoms with van der Waals surface area (Å²) in [4.78, 5) is 34.2. The van der Waals surface area contributed by atoms with Crippen LogP contribution >= 0.6 is 0 Å². The van der Waals surface area contributed by atoms with Gasteiger partial charge in [0.25, 0.3) is 12.4 Å². The highest BCUT2D eigenvalue weighted by atomic mass is 16.5. The maximum atomic E-state index is 11.8. The number of aromatic nitrogens is 1. The number of likely N-dealkylation sites (tertiary alicyclic amines) is 1. The summed E-state index contributed by atoms with van der Waals surface area (Å²) in [7, 11) is 0. The molecule has 3 aliphatic rings. The van der Waals surface area contributed by atoms with Crippen LogP contribution in [0.1, 0.15) is 44.1 Å². The minimum atomic E-state index is -0.318. The lowest BCUT2D eigenvalue weighted by Crippen LogP contribution is -2.37. The molecule has 0 bridgehead atoms. The topological polar surface area (TPSA) is 68.6 Å². The number of carbonyl (C=O) groups excluding carboxylic acids is 3. The van der Waals surface area contributed by atoms with Gasteiger partial charge in [-0.3, -0.25) is 14.4 Å².